The van der Waals surface area contributed by atoms with Crippen molar-refractivity contribution in [3.05, 3.63) is 53.9 Å². The molecule has 3 rings (SSSR count). The molecule has 1 aromatic heterocycles. The number of carboxylic acids is 1. The van der Waals surface area contributed by atoms with Crippen molar-refractivity contribution >= 4 is 21.9 Å². The average molecular weight is 392 g/mol. The molecule has 144 valence electrons. The van der Waals surface area contributed by atoms with Gasteiger partial charge in [-0.2, -0.15) is 0 Å². The van der Waals surface area contributed by atoms with Gasteiger partial charge in [0.2, 0.25) is 0 Å². The smallest absolute Gasteiger partial charge is 0.305 e. The number of aliphatic carboxylic acids is 1. The van der Waals surface area contributed by atoms with Crippen LogP contribution in [0.4, 0.5) is 0 Å². The number of benzene rings is 1. The van der Waals surface area contributed by atoms with Crippen molar-refractivity contribution in [3.8, 4) is 0 Å². The number of hydrogen-bond donors (Lipinski definition) is 2. The molecular weight excluding hydrogens is 372 g/mol. The highest BCUT2D eigenvalue weighted by atomic mass is 32.2. The normalized spacial score (nSPS) is 19.7. The summed E-state index contributed by atoms with van der Waals surface area (Å²) in [5, 5.41) is 11.8. The van der Waals surface area contributed by atoms with E-state index in [1.165, 1.54) is 30.6 Å². The van der Waals surface area contributed by atoms with Crippen molar-refractivity contribution in [2.24, 2.45) is 0 Å². The summed E-state index contributed by atoms with van der Waals surface area (Å²) < 4.78 is 31.6. The van der Waals surface area contributed by atoms with E-state index in [4.69, 9.17) is 9.84 Å². The second-order valence-electron chi connectivity index (χ2n) is 6.66. The van der Waals surface area contributed by atoms with Crippen molar-refractivity contribution in [2.45, 2.75) is 30.2 Å². The number of hydrogen-bond acceptors (Lipinski definition) is 5. The molecule has 1 aliphatic rings. The molecule has 1 fully saturated rings. The van der Waals surface area contributed by atoms with Crippen LogP contribution in [0.3, 0.4) is 0 Å². The quantitative estimate of drug-likeness (QED) is 0.768. The van der Waals surface area contributed by atoms with E-state index < -0.39 is 27.4 Å². The fraction of sp³-hybridized carbons (Fsp3) is 0.333. The van der Waals surface area contributed by atoms with Gasteiger partial charge in [-0.05, 0) is 31.5 Å². The van der Waals surface area contributed by atoms with Crippen LogP contribution in [0.15, 0.2) is 47.6 Å². The van der Waals surface area contributed by atoms with Gasteiger partial charge in [-0.25, -0.2) is 12.4 Å². The predicted octanol–water partition coefficient (Wildman–Crippen LogP) is 1.40. The number of carbonyl (C=O) groups excluding carboxylic acids is 1. The maximum atomic E-state index is 12.7. The topological polar surface area (TPSA) is 115 Å². The first-order valence-electron chi connectivity index (χ1n) is 8.34. The number of nitrogens with zero attached hydrogens (tertiary/aromatic N) is 1. The minimum absolute atomic E-state index is 0.105. The molecule has 0 bridgehead atoms. The first-order chi connectivity index (χ1) is 12.7. The average Bonchev–Trinajstić information content (AvgIpc) is 3.25. The zero-order valence-corrected chi connectivity index (χ0v) is 15.5. The van der Waals surface area contributed by atoms with E-state index in [0.717, 1.165) is 9.54 Å². The molecule has 0 spiro atoms. The maximum Gasteiger partial charge on any atom is 0.305 e. The SMILES string of the molecule is Cc1ccc(S(=O)(=O)n2ccc(C(=O)NC3(CC(=O)O)CCOC3)c2)cc1. The van der Waals surface area contributed by atoms with Crippen LogP contribution in [0.1, 0.15) is 28.8 Å². The molecule has 1 saturated heterocycles. The molecule has 1 unspecified atom stereocenters. The molecule has 1 amide bonds. The second-order valence-corrected chi connectivity index (χ2v) is 8.50. The van der Waals surface area contributed by atoms with Crippen LogP contribution in [-0.2, 0) is 19.6 Å². The van der Waals surface area contributed by atoms with Crippen LogP contribution in [0.2, 0.25) is 0 Å². The van der Waals surface area contributed by atoms with E-state index in [-0.39, 0.29) is 23.5 Å². The molecule has 1 aliphatic heterocycles. The highest BCUT2D eigenvalue weighted by Gasteiger charge is 2.39. The summed E-state index contributed by atoms with van der Waals surface area (Å²) in [6.07, 6.45) is 2.63. The minimum Gasteiger partial charge on any atom is -0.481 e. The summed E-state index contributed by atoms with van der Waals surface area (Å²) in [6.45, 7) is 2.32. The highest BCUT2D eigenvalue weighted by Crippen LogP contribution is 2.24. The molecule has 0 aliphatic carbocycles. The minimum atomic E-state index is -3.81. The monoisotopic (exact) mass is 392 g/mol. The Hall–Kier alpha value is -2.65. The largest absolute Gasteiger partial charge is 0.481 e. The van der Waals surface area contributed by atoms with Crippen LogP contribution in [0, 0.1) is 6.92 Å². The molecule has 2 heterocycles. The van der Waals surface area contributed by atoms with E-state index in [1.54, 1.807) is 12.1 Å². The van der Waals surface area contributed by atoms with Gasteiger partial charge in [-0.1, -0.05) is 17.7 Å². The second kappa shape index (κ2) is 7.16. The van der Waals surface area contributed by atoms with Crippen LogP contribution < -0.4 is 5.32 Å². The predicted molar refractivity (Wildman–Crippen MR) is 96.1 cm³/mol. The summed E-state index contributed by atoms with van der Waals surface area (Å²) in [7, 11) is -3.81. The Morgan fingerprint density at radius 2 is 1.96 bits per heavy atom. The number of nitrogens with one attached hydrogen (secondary N) is 1. The van der Waals surface area contributed by atoms with Crippen LogP contribution in [0.5, 0.6) is 0 Å². The van der Waals surface area contributed by atoms with Gasteiger partial charge in [-0.3, -0.25) is 9.59 Å². The fourth-order valence-electron chi connectivity index (χ4n) is 2.98. The lowest BCUT2D eigenvalue weighted by Gasteiger charge is -2.26. The van der Waals surface area contributed by atoms with Crippen molar-refractivity contribution in [1.82, 2.24) is 9.29 Å². The van der Waals surface area contributed by atoms with E-state index in [0.29, 0.717) is 13.0 Å². The number of ether oxygens (including phenoxy) is 1. The molecule has 9 heteroatoms. The summed E-state index contributed by atoms with van der Waals surface area (Å²) in [5.41, 5.74) is 0.0762. The standard InChI is InChI=1S/C18H20N2O6S/c1-13-2-4-15(5-3-13)27(24,25)20-8-6-14(11-20)17(23)19-18(10-16(21)22)7-9-26-12-18/h2-6,8,11H,7,9-10,12H2,1H3,(H,19,23)(H,21,22). The van der Waals surface area contributed by atoms with Gasteiger partial charge in [0, 0.05) is 19.0 Å². The molecule has 2 aromatic rings. The third-order valence-electron chi connectivity index (χ3n) is 4.50. The van der Waals surface area contributed by atoms with Gasteiger partial charge < -0.3 is 15.2 Å². The molecule has 1 atom stereocenters. The Labute approximate surface area is 156 Å². The zero-order valence-electron chi connectivity index (χ0n) is 14.7. The fourth-order valence-corrected chi connectivity index (χ4v) is 4.18. The van der Waals surface area contributed by atoms with Crippen LogP contribution >= 0.6 is 0 Å². The van der Waals surface area contributed by atoms with E-state index >= 15 is 0 Å². The Kier molecular flexibility index (Phi) is 5.07. The number of rotatable bonds is 6. The molecule has 2 N–H and O–H groups in total. The lowest BCUT2D eigenvalue weighted by Crippen LogP contribution is -2.50. The summed E-state index contributed by atoms with van der Waals surface area (Å²) in [6, 6.07) is 7.77. The number of carboxylic acid groups (broad SMARTS) is 1. The number of amides is 1. The number of aryl methyl sites for hydroxylation is 1. The van der Waals surface area contributed by atoms with Crippen LogP contribution in [-0.4, -0.2) is 48.1 Å². The Morgan fingerprint density at radius 1 is 1.26 bits per heavy atom. The van der Waals surface area contributed by atoms with Gasteiger partial charge in [0.05, 0.1) is 29.0 Å². The summed E-state index contributed by atoms with van der Waals surface area (Å²) in [5.74, 6) is -1.58. The Balaban J connectivity index is 1.81. The van der Waals surface area contributed by atoms with Gasteiger partial charge >= 0.3 is 5.97 Å². The first kappa shape index (κ1) is 19.1. The Bertz CT molecular complexity index is 956. The lowest BCUT2D eigenvalue weighted by atomic mass is 9.94. The zero-order chi connectivity index (χ0) is 19.7. The molecular formula is C18H20N2O6S. The molecule has 8 nitrogen and oxygen atoms in total. The van der Waals surface area contributed by atoms with E-state index in [2.05, 4.69) is 5.32 Å². The maximum absolute atomic E-state index is 12.7. The molecule has 0 radical (unpaired) electrons. The van der Waals surface area contributed by atoms with Gasteiger partial charge in [0.1, 0.15) is 0 Å². The third kappa shape index (κ3) is 4.04. The van der Waals surface area contributed by atoms with Crippen molar-refractivity contribution in [3.63, 3.8) is 0 Å². The summed E-state index contributed by atoms with van der Waals surface area (Å²) >= 11 is 0. The van der Waals surface area contributed by atoms with Gasteiger partial charge in [-0.15, -0.1) is 0 Å². The van der Waals surface area contributed by atoms with Crippen LogP contribution in [0.25, 0.3) is 0 Å². The van der Waals surface area contributed by atoms with Gasteiger partial charge in [0.15, 0.2) is 0 Å². The van der Waals surface area contributed by atoms with E-state index in [1.807, 2.05) is 6.92 Å². The van der Waals surface area contributed by atoms with Crippen molar-refractivity contribution < 1.29 is 27.9 Å². The number of carbonyl (C=O) groups is 2. The number of aromatic nitrogens is 1. The summed E-state index contributed by atoms with van der Waals surface area (Å²) in [4.78, 5) is 23.8. The van der Waals surface area contributed by atoms with E-state index in [9.17, 15) is 18.0 Å². The first-order valence-corrected chi connectivity index (χ1v) is 9.78. The van der Waals surface area contributed by atoms with Crippen molar-refractivity contribution in [2.75, 3.05) is 13.2 Å². The third-order valence-corrected chi connectivity index (χ3v) is 6.15. The Morgan fingerprint density at radius 3 is 2.56 bits per heavy atom. The molecule has 0 saturated carbocycles. The van der Waals surface area contributed by atoms with Gasteiger partial charge in [0.25, 0.3) is 15.9 Å². The lowest BCUT2D eigenvalue weighted by molar-refractivity contribution is -0.138. The van der Waals surface area contributed by atoms with Crippen molar-refractivity contribution in [1.29, 1.82) is 0 Å². The molecule has 1 aromatic carbocycles. The molecule has 27 heavy (non-hydrogen) atoms. The highest BCUT2D eigenvalue weighted by molar-refractivity contribution is 7.90.